The first kappa shape index (κ1) is 17.6. The molecule has 0 N–H and O–H groups in total. The topological polar surface area (TPSA) is 12.5 Å². The third-order valence-corrected chi connectivity index (χ3v) is 5.24. The van der Waals surface area contributed by atoms with Crippen molar-refractivity contribution in [1.82, 2.24) is 4.90 Å². The molecule has 0 spiro atoms. The van der Waals surface area contributed by atoms with Crippen LogP contribution in [0, 0.1) is 5.41 Å². The van der Waals surface area contributed by atoms with Gasteiger partial charge in [-0.3, -0.25) is 4.90 Å². The van der Waals surface area contributed by atoms with E-state index < -0.39 is 0 Å². The third-order valence-electron chi connectivity index (χ3n) is 5.24. The predicted molar refractivity (Wildman–Crippen MR) is 94.9 cm³/mol. The molecule has 1 fully saturated rings. The van der Waals surface area contributed by atoms with Gasteiger partial charge in [0.05, 0.1) is 5.76 Å². The highest BCUT2D eigenvalue weighted by Crippen LogP contribution is 2.33. The van der Waals surface area contributed by atoms with Crippen LogP contribution in [0.2, 0.25) is 0 Å². The molecule has 22 heavy (non-hydrogen) atoms. The van der Waals surface area contributed by atoms with Gasteiger partial charge in [-0.25, -0.2) is 0 Å². The van der Waals surface area contributed by atoms with Crippen molar-refractivity contribution in [2.24, 2.45) is 5.41 Å². The van der Waals surface area contributed by atoms with Gasteiger partial charge >= 0.3 is 0 Å². The highest BCUT2D eigenvalue weighted by atomic mass is 16.5. The molecule has 0 aromatic heterocycles. The fourth-order valence-electron chi connectivity index (χ4n) is 3.70. The van der Waals surface area contributed by atoms with Crippen molar-refractivity contribution in [1.29, 1.82) is 0 Å². The minimum atomic E-state index is 0.294. The van der Waals surface area contributed by atoms with Gasteiger partial charge in [0.2, 0.25) is 0 Å². The molecule has 0 atom stereocenters. The third kappa shape index (κ3) is 5.15. The lowest BCUT2D eigenvalue weighted by molar-refractivity contribution is 0.109. The average molecular weight is 306 g/mol. The minimum absolute atomic E-state index is 0.294. The lowest BCUT2D eigenvalue weighted by Crippen LogP contribution is -2.38. The quantitative estimate of drug-likeness (QED) is 0.659. The standard InChI is InChI=1S/C20H35NO/c1-5-21(18-9-7-6-8-10-18)15-16-22-19-13-11-17(12-14-19)20(2,3)4/h11,13,18H,5-10,12,14-16H2,1-4H3. The van der Waals surface area contributed by atoms with Gasteiger partial charge in [0.25, 0.3) is 0 Å². The van der Waals surface area contributed by atoms with Crippen LogP contribution in [0.5, 0.6) is 0 Å². The highest BCUT2D eigenvalue weighted by Gasteiger charge is 2.21. The molecule has 2 aliphatic rings. The molecule has 0 radical (unpaired) electrons. The van der Waals surface area contributed by atoms with E-state index in [1.807, 2.05) is 0 Å². The Morgan fingerprint density at radius 1 is 1.09 bits per heavy atom. The Morgan fingerprint density at radius 3 is 2.36 bits per heavy atom. The van der Waals surface area contributed by atoms with Crippen LogP contribution in [0.25, 0.3) is 0 Å². The van der Waals surface area contributed by atoms with Crippen LogP contribution in [0.15, 0.2) is 23.5 Å². The van der Waals surface area contributed by atoms with Crippen LogP contribution in [0.1, 0.15) is 72.6 Å². The summed E-state index contributed by atoms with van der Waals surface area (Å²) in [6, 6.07) is 0.801. The van der Waals surface area contributed by atoms with E-state index in [9.17, 15) is 0 Å². The summed E-state index contributed by atoms with van der Waals surface area (Å²) in [6.07, 6.45) is 13.7. The summed E-state index contributed by atoms with van der Waals surface area (Å²) >= 11 is 0. The number of allylic oxidation sites excluding steroid dienone is 4. The van der Waals surface area contributed by atoms with Crippen molar-refractivity contribution in [2.45, 2.75) is 78.7 Å². The first-order valence-electron chi connectivity index (χ1n) is 9.27. The molecule has 0 aromatic rings. The Labute approximate surface area is 137 Å². The second-order valence-electron chi connectivity index (χ2n) is 7.84. The number of likely N-dealkylation sites (N-methyl/N-ethyl adjacent to an activating group) is 1. The molecule has 1 saturated carbocycles. The van der Waals surface area contributed by atoms with Crippen molar-refractivity contribution in [3.63, 3.8) is 0 Å². The van der Waals surface area contributed by atoms with Gasteiger partial charge in [-0.05, 0) is 37.3 Å². The molecule has 126 valence electrons. The summed E-state index contributed by atoms with van der Waals surface area (Å²) in [6.45, 7) is 12.2. The lowest BCUT2D eigenvalue weighted by Gasteiger charge is -2.33. The summed E-state index contributed by atoms with van der Waals surface area (Å²) in [4.78, 5) is 2.62. The van der Waals surface area contributed by atoms with Crippen molar-refractivity contribution in [3.05, 3.63) is 23.5 Å². The number of hydrogen-bond donors (Lipinski definition) is 0. The zero-order valence-corrected chi connectivity index (χ0v) is 15.2. The van der Waals surface area contributed by atoms with E-state index in [2.05, 4.69) is 44.7 Å². The van der Waals surface area contributed by atoms with Crippen LogP contribution < -0.4 is 0 Å². The van der Waals surface area contributed by atoms with E-state index >= 15 is 0 Å². The fourth-order valence-corrected chi connectivity index (χ4v) is 3.70. The maximum atomic E-state index is 6.04. The Balaban J connectivity index is 1.76. The molecule has 0 amide bonds. The van der Waals surface area contributed by atoms with E-state index in [0.29, 0.717) is 5.41 Å². The highest BCUT2D eigenvalue weighted by molar-refractivity contribution is 5.24. The largest absolute Gasteiger partial charge is 0.497 e. The van der Waals surface area contributed by atoms with Crippen LogP contribution in [0.4, 0.5) is 0 Å². The second-order valence-corrected chi connectivity index (χ2v) is 7.84. The summed E-state index contributed by atoms with van der Waals surface area (Å²) in [7, 11) is 0. The van der Waals surface area contributed by atoms with E-state index in [-0.39, 0.29) is 0 Å². The van der Waals surface area contributed by atoms with E-state index in [1.165, 1.54) is 43.4 Å². The normalized spacial score (nSPS) is 20.8. The molecular weight excluding hydrogens is 270 g/mol. The molecule has 0 aliphatic heterocycles. The Morgan fingerprint density at radius 2 is 1.82 bits per heavy atom. The van der Waals surface area contributed by atoms with Gasteiger partial charge in [0.1, 0.15) is 6.61 Å². The number of rotatable bonds is 6. The lowest BCUT2D eigenvalue weighted by atomic mass is 9.82. The van der Waals surface area contributed by atoms with Crippen LogP contribution in [0.3, 0.4) is 0 Å². The molecule has 2 heteroatoms. The molecule has 0 bridgehead atoms. The van der Waals surface area contributed by atoms with Crippen LogP contribution >= 0.6 is 0 Å². The molecule has 2 rings (SSSR count). The summed E-state index contributed by atoms with van der Waals surface area (Å²) < 4.78 is 6.04. The minimum Gasteiger partial charge on any atom is -0.497 e. The number of nitrogens with zero attached hydrogens (tertiary/aromatic N) is 1. The number of hydrogen-bond acceptors (Lipinski definition) is 2. The predicted octanol–water partition coefficient (Wildman–Crippen LogP) is 5.31. The summed E-state index contributed by atoms with van der Waals surface area (Å²) in [5.41, 5.74) is 1.83. The smallest absolute Gasteiger partial charge is 0.100 e. The van der Waals surface area contributed by atoms with Gasteiger partial charge in [-0.1, -0.05) is 58.6 Å². The van der Waals surface area contributed by atoms with Crippen molar-refractivity contribution < 1.29 is 4.74 Å². The molecule has 0 heterocycles. The molecule has 0 aromatic carbocycles. The van der Waals surface area contributed by atoms with Crippen LogP contribution in [-0.4, -0.2) is 30.6 Å². The zero-order valence-electron chi connectivity index (χ0n) is 15.2. The molecule has 2 aliphatic carbocycles. The first-order valence-corrected chi connectivity index (χ1v) is 9.27. The van der Waals surface area contributed by atoms with Gasteiger partial charge in [-0.15, -0.1) is 0 Å². The maximum absolute atomic E-state index is 6.04. The van der Waals surface area contributed by atoms with Crippen molar-refractivity contribution in [3.8, 4) is 0 Å². The molecule has 0 saturated heterocycles. The number of ether oxygens (including phenoxy) is 1. The van der Waals surface area contributed by atoms with Crippen molar-refractivity contribution in [2.75, 3.05) is 19.7 Å². The zero-order chi connectivity index (χ0) is 16.0. The van der Waals surface area contributed by atoms with E-state index in [4.69, 9.17) is 4.74 Å². The average Bonchev–Trinajstić information content (AvgIpc) is 2.52. The van der Waals surface area contributed by atoms with Gasteiger partial charge < -0.3 is 4.74 Å². The van der Waals surface area contributed by atoms with Gasteiger partial charge in [0, 0.05) is 19.0 Å². The van der Waals surface area contributed by atoms with Gasteiger partial charge in [-0.2, -0.15) is 0 Å². The SMILES string of the molecule is CCN(CCOC1=CC=C(C(C)(C)C)CC1)C1CCCCC1. The van der Waals surface area contributed by atoms with E-state index in [1.54, 1.807) is 0 Å². The fraction of sp³-hybridized carbons (Fsp3) is 0.800. The summed E-state index contributed by atoms with van der Waals surface area (Å²) in [5.74, 6) is 1.17. The first-order chi connectivity index (χ1) is 10.5. The monoisotopic (exact) mass is 305 g/mol. The van der Waals surface area contributed by atoms with Crippen LogP contribution in [-0.2, 0) is 4.74 Å². The molecule has 0 unspecified atom stereocenters. The Hall–Kier alpha value is -0.760. The van der Waals surface area contributed by atoms with Gasteiger partial charge in [0.15, 0.2) is 0 Å². The summed E-state index contributed by atoms with van der Waals surface area (Å²) in [5, 5.41) is 0. The van der Waals surface area contributed by atoms with Crippen molar-refractivity contribution >= 4 is 0 Å². The second kappa shape index (κ2) is 8.19. The Kier molecular flexibility index (Phi) is 6.55. The maximum Gasteiger partial charge on any atom is 0.100 e. The van der Waals surface area contributed by atoms with E-state index in [0.717, 1.165) is 38.6 Å². The molecular formula is C20H35NO. The Bertz CT molecular complexity index is 396. The molecule has 2 nitrogen and oxygen atoms in total.